The van der Waals surface area contributed by atoms with Crippen LogP contribution in [0.5, 0.6) is 0 Å². The molecule has 94 valence electrons. The summed E-state index contributed by atoms with van der Waals surface area (Å²) < 4.78 is 6.25. The molecule has 2 N–H and O–H groups in total. The fourth-order valence-electron chi connectivity index (χ4n) is 1.39. The number of rotatable bonds is 5. The number of furan rings is 1. The van der Waals surface area contributed by atoms with Crippen molar-refractivity contribution in [2.45, 2.75) is 13.1 Å². The summed E-state index contributed by atoms with van der Waals surface area (Å²) in [6.07, 6.45) is 4.22. The number of carbonyl (C=O) groups is 2. The van der Waals surface area contributed by atoms with Crippen LogP contribution < -0.4 is 5.32 Å². The molecule has 0 aliphatic heterocycles. The minimum atomic E-state index is -1.01. The first-order valence-corrected chi connectivity index (χ1v) is 5.20. The van der Waals surface area contributed by atoms with Gasteiger partial charge in [0.25, 0.3) is 5.91 Å². The van der Waals surface area contributed by atoms with Crippen LogP contribution >= 0.6 is 0 Å². The standard InChI is InChI=1S/C11H11N3O4/c15-10(16)7-14-6-8(4-13-14)11(17)12-5-9-2-1-3-18-9/h1-4,6H,5,7H2,(H,12,17)(H,15,16). The monoisotopic (exact) mass is 249 g/mol. The molecule has 0 aliphatic carbocycles. The Morgan fingerprint density at radius 3 is 3.00 bits per heavy atom. The largest absolute Gasteiger partial charge is 0.480 e. The zero-order chi connectivity index (χ0) is 13.0. The Balaban J connectivity index is 1.92. The molecule has 2 aromatic heterocycles. The number of carbonyl (C=O) groups excluding carboxylic acids is 1. The molecule has 2 heterocycles. The molecule has 2 aromatic rings. The fraction of sp³-hybridized carbons (Fsp3) is 0.182. The van der Waals surface area contributed by atoms with E-state index in [1.165, 1.54) is 23.3 Å². The van der Waals surface area contributed by atoms with Crippen molar-refractivity contribution < 1.29 is 19.1 Å². The molecule has 0 atom stereocenters. The number of nitrogens with zero attached hydrogens (tertiary/aromatic N) is 2. The number of hydrogen-bond acceptors (Lipinski definition) is 4. The van der Waals surface area contributed by atoms with Gasteiger partial charge in [-0.1, -0.05) is 0 Å². The summed E-state index contributed by atoms with van der Waals surface area (Å²) >= 11 is 0. The van der Waals surface area contributed by atoms with E-state index in [0.717, 1.165) is 0 Å². The van der Waals surface area contributed by atoms with Crippen molar-refractivity contribution in [1.82, 2.24) is 15.1 Å². The Morgan fingerprint density at radius 1 is 1.50 bits per heavy atom. The zero-order valence-electron chi connectivity index (χ0n) is 9.37. The number of aromatic nitrogens is 2. The molecule has 0 radical (unpaired) electrons. The second-order valence-corrected chi connectivity index (χ2v) is 3.58. The van der Waals surface area contributed by atoms with E-state index in [9.17, 15) is 9.59 Å². The molecule has 0 saturated carbocycles. The van der Waals surface area contributed by atoms with Crippen LogP contribution in [0.2, 0.25) is 0 Å². The highest BCUT2D eigenvalue weighted by Gasteiger charge is 2.10. The normalized spacial score (nSPS) is 10.2. The molecule has 2 rings (SSSR count). The molecule has 0 saturated heterocycles. The summed E-state index contributed by atoms with van der Waals surface area (Å²) in [5.74, 6) is -0.704. The van der Waals surface area contributed by atoms with Crippen molar-refractivity contribution in [3.05, 3.63) is 42.1 Å². The SMILES string of the molecule is O=C(O)Cn1cc(C(=O)NCc2ccco2)cn1. The highest BCUT2D eigenvalue weighted by molar-refractivity contribution is 5.93. The van der Waals surface area contributed by atoms with Crippen LogP contribution in [0.3, 0.4) is 0 Å². The van der Waals surface area contributed by atoms with Gasteiger partial charge in [0.05, 0.1) is 24.6 Å². The first-order chi connectivity index (χ1) is 8.65. The minimum absolute atomic E-state index is 0.272. The van der Waals surface area contributed by atoms with Crippen LogP contribution in [0.25, 0.3) is 0 Å². The number of aliphatic carboxylic acids is 1. The van der Waals surface area contributed by atoms with Crippen molar-refractivity contribution in [3.8, 4) is 0 Å². The first-order valence-electron chi connectivity index (χ1n) is 5.20. The Kier molecular flexibility index (Phi) is 3.42. The maximum Gasteiger partial charge on any atom is 0.325 e. The Morgan fingerprint density at radius 2 is 2.33 bits per heavy atom. The van der Waals surface area contributed by atoms with Crippen LogP contribution in [0.15, 0.2) is 35.2 Å². The molecule has 7 nitrogen and oxygen atoms in total. The highest BCUT2D eigenvalue weighted by atomic mass is 16.4. The van der Waals surface area contributed by atoms with Crippen LogP contribution in [0.4, 0.5) is 0 Å². The maximum atomic E-state index is 11.7. The topological polar surface area (TPSA) is 97.4 Å². The average Bonchev–Trinajstić information content (AvgIpc) is 2.95. The lowest BCUT2D eigenvalue weighted by atomic mass is 10.3. The Bertz CT molecular complexity index is 544. The van der Waals surface area contributed by atoms with Gasteiger partial charge < -0.3 is 14.8 Å². The van der Waals surface area contributed by atoms with E-state index >= 15 is 0 Å². The summed E-state index contributed by atoms with van der Waals surface area (Å²) in [7, 11) is 0. The van der Waals surface area contributed by atoms with Crippen LogP contribution in [0.1, 0.15) is 16.1 Å². The summed E-state index contributed by atoms with van der Waals surface area (Å²) in [6, 6.07) is 3.47. The quantitative estimate of drug-likeness (QED) is 0.803. The summed E-state index contributed by atoms with van der Waals surface area (Å²) in [5.41, 5.74) is 0.308. The van der Waals surface area contributed by atoms with E-state index < -0.39 is 5.97 Å². The van der Waals surface area contributed by atoms with Gasteiger partial charge in [0.2, 0.25) is 0 Å². The summed E-state index contributed by atoms with van der Waals surface area (Å²) in [4.78, 5) is 22.1. The number of carboxylic acids is 1. The predicted octanol–water partition coefficient (Wildman–Crippen LogP) is 0.491. The molecule has 0 aliphatic rings. The van der Waals surface area contributed by atoms with Gasteiger partial charge in [-0.3, -0.25) is 14.3 Å². The predicted molar refractivity (Wildman–Crippen MR) is 59.7 cm³/mol. The maximum absolute atomic E-state index is 11.7. The van der Waals surface area contributed by atoms with Gasteiger partial charge in [0.15, 0.2) is 0 Å². The van der Waals surface area contributed by atoms with E-state index in [1.54, 1.807) is 12.1 Å². The highest BCUT2D eigenvalue weighted by Crippen LogP contribution is 2.01. The third-order valence-corrected chi connectivity index (χ3v) is 2.20. The molecule has 0 fully saturated rings. The second-order valence-electron chi connectivity index (χ2n) is 3.58. The van der Waals surface area contributed by atoms with E-state index in [-0.39, 0.29) is 19.0 Å². The number of carboxylic acid groups (broad SMARTS) is 1. The molecule has 0 unspecified atom stereocenters. The molecular weight excluding hydrogens is 238 g/mol. The van der Waals surface area contributed by atoms with Gasteiger partial charge in [-0.05, 0) is 12.1 Å². The van der Waals surface area contributed by atoms with Crippen molar-refractivity contribution >= 4 is 11.9 Å². The molecule has 1 amide bonds. The van der Waals surface area contributed by atoms with E-state index in [0.29, 0.717) is 11.3 Å². The van der Waals surface area contributed by atoms with Gasteiger partial charge in [0, 0.05) is 6.20 Å². The molecule has 0 bridgehead atoms. The van der Waals surface area contributed by atoms with Crippen LogP contribution in [-0.4, -0.2) is 26.8 Å². The lowest BCUT2D eigenvalue weighted by molar-refractivity contribution is -0.137. The Hall–Kier alpha value is -2.57. The second kappa shape index (κ2) is 5.17. The lowest BCUT2D eigenvalue weighted by Crippen LogP contribution is -2.22. The minimum Gasteiger partial charge on any atom is -0.480 e. The third kappa shape index (κ3) is 2.97. The zero-order valence-corrected chi connectivity index (χ0v) is 9.37. The van der Waals surface area contributed by atoms with Crippen molar-refractivity contribution in [1.29, 1.82) is 0 Å². The van der Waals surface area contributed by atoms with Crippen LogP contribution in [-0.2, 0) is 17.9 Å². The molecular formula is C11H11N3O4. The lowest BCUT2D eigenvalue weighted by Gasteiger charge is -2.00. The van der Waals surface area contributed by atoms with Gasteiger partial charge in [-0.15, -0.1) is 0 Å². The van der Waals surface area contributed by atoms with Gasteiger partial charge >= 0.3 is 5.97 Å². The van der Waals surface area contributed by atoms with Gasteiger partial charge in [-0.2, -0.15) is 5.10 Å². The van der Waals surface area contributed by atoms with E-state index in [2.05, 4.69) is 10.4 Å². The number of hydrogen-bond donors (Lipinski definition) is 2. The number of nitrogens with one attached hydrogen (secondary N) is 1. The average molecular weight is 249 g/mol. The number of amides is 1. The van der Waals surface area contributed by atoms with E-state index in [4.69, 9.17) is 9.52 Å². The fourth-order valence-corrected chi connectivity index (χ4v) is 1.39. The van der Waals surface area contributed by atoms with Crippen molar-refractivity contribution in [2.75, 3.05) is 0 Å². The molecule has 18 heavy (non-hydrogen) atoms. The van der Waals surface area contributed by atoms with Crippen molar-refractivity contribution in [2.24, 2.45) is 0 Å². The third-order valence-electron chi connectivity index (χ3n) is 2.20. The Labute approximate surface area is 102 Å². The molecule has 0 spiro atoms. The smallest absolute Gasteiger partial charge is 0.325 e. The van der Waals surface area contributed by atoms with Crippen LogP contribution in [0, 0.1) is 0 Å². The molecule has 7 heteroatoms. The summed E-state index contributed by atoms with van der Waals surface area (Å²) in [5, 5.41) is 15.0. The van der Waals surface area contributed by atoms with Crippen molar-refractivity contribution in [3.63, 3.8) is 0 Å². The summed E-state index contributed by atoms with van der Waals surface area (Å²) in [6.45, 7) is 0.00140. The van der Waals surface area contributed by atoms with Gasteiger partial charge in [0.1, 0.15) is 12.3 Å². The van der Waals surface area contributed by atoms with E-state index in [1.807, 2.05) is 0 Å². The van der Waals surface area contributed by atoms with Gasteiger partial charge in [-0.25, -0.2) is 0 Å². The first kappa shape index (κ1) is 11.9. The molecule has 0 aromatic carbocycles.